The van der Waals surface area contributed by atoms with Crippen LogP contribution >= 0.6 is 0 Å². The Morgan fingerprint density at radius 1 is 1.20 bits per heavy atom. The fourth-order valence-electron chi connectivity index (χ4n) is 3.15. The second kappa shape index (κ2) is 6.00. The maximum Gasteiger partial charge on any atom is 0.145 e. The second-order valence-corrected chi connectivity index (χ2v) is 6.67. The lowest BCUT2D eigenvalue weighted by Gasteiger charge is -2.12. The van der Waals surface area contributed by atoms with Crippen molar-refractivity contribution < 1.29 is 4.74 Å². The van der Waals surface area contributed by atoms with Gasteiger partial charge in [-0.3, -0.25) is 9.38 Å². The second-order valence-electron chi connectivity index (χ2n) is 6.67. The average Bonchev–Trinajstić information content (AvgIpc) is 3.12. The molecular formula is C18H20N6O. The molecule has 5 rings (SSSR count). The van der Waals surface area contributed by atoms with Gasteiger partial charge < -0.3 is 15.4 Å². The van der Waals surface area contributed by atoms with Crippen LogP contribution in [0.15, 0.2) is 36.9 Å². The number of anilines is 1. The Morgan fingerprint density at radius 2 is 2.16 bits per heavy atom. The van der Waals surface area contributed by atoms with Crippen molar-refractivity contribution in [2.45, 2.75) is 31.4 Å². The highest BCUT2D eigenvalue weighted by Gasteiger charge is 2.23. The van der Waals surface area contributed by atoms with Crippen molar-refractivity contribution in [1.82, 2.24) is 24.7 Å². The predicted octanol–water partition coefficient (Wildman–Crippen LogP) is 2.11. The van der Waals surface area contributed by atoms with Crippen LogP contribution in [0.4, 0.5) is 5.82 Å². The van der Waals surface area contributed by atoms with Crippen molar-refractivity contribution in [3.05, 3.63) is 36.9 Å². The number of ether oxygens (including phenoxy) is 1. The highest BCUT2D eigenvalue weighted by molar-refractivity contribution is 5.61. The number of aromatic nitrogens is 4. The fourth-order valence-corrected chi connectivity index (χ4v) is 3.15. The van der Waals surface area contributed by atoms with Gasteiger partial charge >= 0.3 is 0 Å². The summed E-state index contributed by atoms with van der Waals surface area (Å²) < 4.78 is 7.86. The molecule has 7 nitrogen and oxygen atoms in total. The molecule has 2 N–H and O–H groups in total. The lowest BCUT2D eigenvalue weighted by atomic mass is 10.2. The van der Waals surface area contributed by atoms with Gasteiger partial charge in [0.15, 0.2) is 0 Å². The number of hydrogen-bond acceptors (Lipinski definition) is 6. The third-order valence-electron chi connectivity index (χ3n) is 4.62. The van der Waals surface area contributed by atoms with E-state index >= 15 is 0 Å². The van der Waals surface area contributed by atoms with Crippen LogP contribution in [-0.4, -0.2) is 44.6 Å². The summed E-state index contributed by atoms with van der Waals surface area (Å²) in [5.41, 5.74) is 2.58. The van der Waals surface area contributed by atoms with Crippen LogP contribution in [0.3, 0.4) is 0 Å². The van der Waals surface area contributed by atoms with E-state index in [0.29, 0.717) is 12.1 Å². The van der Waals surface area contributed by atoms with Crippen molar-refractivity contribution in [1.29, 1.82) is 0 Å². The first-order valence-corrected chi connectivity index (χ1v) is 8.78. The van der Waals surface area contributed by atoms with Crippen LogP contribution in [0.25, 0.3) is 17.0 Å². The summed E-state index contributed by atoms with van der Waals surface area (Å²) in [7, 11) is 0. The molecule has 2 fully saturated rings. The molecule has 0 spiro atoms. The van der Waals surface area contributed by atoms with Gasteiger partial charge in [-0.2, -0.15) is 0 Å². The van der Waals surface area contributed by atoms with E-state index in [1.807, 2.05) is 28.9 Å². The molecule has 1 saturated heterocycles. The fraction of sp³-hybridized carbons (Fsp3) is 0.389. The zero-order valence-corrected chi connectivity index (χ0v) is 13.9. The third kappa shape index (κ3) is 3.02. The van der Waals surface area contributed by atoms with Gasteiger partial charge in [0.1, 0.15) is 22.9 Å². The zero-order chi connectivity index (χ0) is 16.6. The van der Waals surface area contributed by atoms with E-state index in [2.05, 4.69) is 20.6 Å². The molecule has 0 aromatic carbocycles. The summed E-state index contributed by atoms with van der Waals surface area (Å²) in [5.74, 6) is 1.68. The molecule has 1 atom stereocenters. The van der Waals surface area contributed by atoms with Crippen molar-refractivity contribution in [2.24, 2.45) is 0 Å². The summed E-state index contributed by atoms with van der Waals surface area (Å²) in [5, 5.41) is 6.79. The van der Waals surface area contributed by atoms with Gasteiger partial charge in [0.05, 0.1) is 30.4 Å². The standard InChI is InChI=1S/C18H20N6O/c1-2-13(1)25-14-4-6-24-16(10-21-18(24)7-14)15-9-20-11-17(23-15)22-12-3-5-19-8-12/h4,6-7,9-13,19H,1-3,5,8H2,(H,22,23). The van der Waals surface area contributed by atoms with Gasteiger partial charge in [0.25, 0.3) is 0 Å². The molecule has 1 saturated carbocycles. The lowest BCUT2D eigenvalue weighted by molar-refractivity contribution is 0.303. The van der Waals surface area contributed by atoms with Crippen LogP contribution in [0, 0.1) is 0 Å². The number of imidazole rings is 1. The Kier molecular flexibility index (Phi) is 3.52. The monoisotopic (exact) mass is 336 g/mol. The summed E-state index contributed by atoms with van der Waals surface area (Å²) >= 11 is 0. The molecule has 1 aliphatic carbocycles. The number of hydrogen-bond donors (Lipinski definition) is 2. The Bertz CT molecular complexity index is 897. The molecule has 7 heteroatoms. The first-order chi connectivity index (χ1) is 12.3. The van der Waals surface area contributed by atoms with Crippen LogP contribution in [0.1, 0.15) is 19.3 Å². The summed E-state index contributed by atoms with van der Waals surface area (Å²) in [6.07, 6.45) is 11.1. The molecule has 0 bridgehead atoms. The minimum atomic E-state index is 0.385. The SMILES string of the molecule is c1cn2c(-c3cncc(NC4CCNC4)n3)cnc2cc1OC1CC1. The molecule has 128 valence electrons. The summed E-state index contributed by atoms with van der Waals surface area (Å²) in [6, 6.07) is 4.37. The number of fused-ring (bicyclic) bond motifs is 1. The van der Waals surface area contributed by atoms with E-state index in [4.69, 9.17) is 9.72 Å². The molecule has 0 amide bonds. The molecule has 0 radical (unpaired) electrons. The Balaban J connectivity index is 1.43. The van der Waals surface area contributed by atoms with Gasteiger partial charge in [0.2, 0.25) is 0 Å². The quantitative estimate of drug-likeness (QED) is 0.743. The molecule has 2 aliphatic rings. The minimum absolute atomic E-state index is 0.385. The van der Waals surface area contributed by atoms with E-state index in [0.717, 1.165) is 61.0 Å². The smallest absolute Gasteiger partial charge is 0.145 e. The molecule has 1 unspecified atom stereocenters. The van der Waals surface area contributed by atoms with Crippen molar-refractivity contribution in [2.75, 3.05) is 18.4 Å². The molecule has 1 aliphatic heterocycles. The predicted molar refractivity (Wildman–Crippen MR) is 94.8 cm³/mol. The molecule has 3 aromatic rings. The first kappa shape index (κ1) is 14.7. The number of nitrogens with one attached hydrogen (secondary N) is 2. The van der Waals surface area contributed by atoms with Crippen molar-refractivity contribution in [3.8, 4) is 17.1 Å². The highest BCUT2D eigenvalue weighted by atomic mass is 16.5. The van der Waals surface area contributed by atoms with Gasteiger partial charge in [-0.25, -0.2) is 9.97 Å². The Hall–Kier alpha value is -2.67. The minimum Gasteiger partial charge on any atom is -0.490 e. The molecule has 4 heterocycles. The summed E-state index contributed by atoms with van der Waals surface area (Å²) in [4.78, 5) is 13.6. The van der Waals surface area contributed by atoms with E-state index in [1.54, 1.807) is 12.4 Å². The van der Waals surface area contributed by atoms with Gasteiger partial charge in [-0.15, -0.1) is 0 Å². The van der Waals surface area contributed by atoms with Crippen molar-refractivity contribution >= 4 is 11.5 Å². The largest absolute Gasteiger partial charge is 0.490 e. The van der Waals surface area contributed by atoms with Gasteiger partial charge in [-0.05, 0) is 31.9 Å². The van der Waals surface area contributed by atoms with Crippen LogP contribution < -0.4 is 15.4 Å². The number of pyridine rings is 1. The Morgan fingerprint density at radius 3 is 3.00 bits per heavy atom. The topological polar surface area (TPSA) is 76.4 Å². The van der Waals surface area contributed by atoms with Crippen LogP contribution in [0.2, 0.25) is 0 Å². The van der Waals surface area contributed by atoms with E-state index < -0.39 is 0 Å². The van der Waals surface area contributed by atoms with Crippen LogP contribution in [0.5, 0.6) is 5.75 Å². The first-order valence-electron chi connectivity index (χ1n) is 8.78. The highest BCUT2D eigenvalue weighted by Crippen LogP contribution is 2.28. The summed E-state index contributed by atoms with van der Waals surface area (Å²) in [6.45, 7) is 2.01. The van der Waals surface area contributed by atoms with E-state index in [-0.39, 0.29) is 0 Å². The van der Waals surface area contributed by atoms with E-state index in [1.165, 1.54) is 0 Å². The Labute approximate surface area is 145 Å². The maximum atomic E-state index is 5.84. The van der Waals surface area contributed by atoms with Gasteiger partial charge in [-0.1, -0.05) is 0 Å². The normalized spacial score (nSPS) is 20.1. The maximum absolute atomic E-state index is 5.84. The molecule has 3 aromatic heterocycles. The zero-order valence-electron chi connectivity index (χ0n) is 13.9. The van der Waals surface area contributed by atoms with E-state index in [9.17, 15) is 0 Å². The number of rotatable bonds is 5. The number of nitrogens with zero attached hydrogens (tertiary/aromatic N) is 4. The van der Waals surface area contributed by atoms with Gasteiger partial charge in [0, 0.05) is 24.8 Å². The van der Waals surface area contributed by atoms with Crippen LogP contribution in [-0.2, 0) is 0 Å². The average molecular weight is 336 g/mol. The van der Waals surface area contributed by atoms with Crippen molar-refractivity contribution in [3.63, 3.8) is 0 Å². The molecule has 25 heavy (non-hydrogen) atoms. The molecular weight excluding hydrogens is 316 g/mol. The lowest BCUT2D eigenvalue weighted by Crippen LogP contribution is -2.22. The third-order valence-corrected chi connectivity index (χ3v) is 4.62.